The summed E-state index contributed by atoms with van der Waals surface area (Å²) in [5.41, 5.74) is 0.923. The summed E-state index contributed by atoms with van der Waals surface area (Å²) in [6.45, 7) is 11.2. The van der Waals surface area contributed by atoms with Crippen molar-refractivity contribution in [2.45, 2.75) is 53.5 Å². The van der Waals surface area contributed by atoms with Crippen LogP contribution in [-0.2, 0) is 0 Å². The maximum Gasteiger partial charge on any atom is 0.226 e. The molecule has 1 rings (SSSR count). The van der Waals surface area contributed by atoms with E-state index >= 15 is 0 Å². The van der Waals surface area contributed by atoms with Gasteiger partial charge in [0.15, 0.2) is 0 Å². The molecule has 0 fully saturated rings. The molecule has 0 amide bonds. The van der Waals surface area contributed by atoms with Crippen molar-refractivity contribution < 1.29 is 4.74 Å². The van der Waals surface area contributed by atoms with Crippen LogP contribution < -0.4 is 10.1 Å². The van der Waals surface area contributed by atoms with Gasteiger partial charge in [-0.15, -0.1) is 0 Å². The van der Waals surface area contributed by atoms with Gasteiger partial charge in [-0.3, -0.25) is 0 Å². The van der Waals surface area contributed by atoms with Crippen LogP contribution in [0.3, 0.4) is 0 Å². The molecule has 4 heteroatoms. The first-order valence-corrected chi connectivity index (χ1v) is 6.80. The van der Waals surface area contributed by atoms with Crippen LogP contribution in [0.4, 0.5) is 5.95 Å². The third-order valence-corrected chi connectivity index (χ3v) is 2.95. The van der Waals surface area contributed by atoms with Gasteiger partial charge in [-0.2, -0.15) is 4.98 Å². The number of rotatable bonds is 7. The third kappa shape index (κ3) is 4.90. The Bertz CT molecular complexity index is 368. The molecule has 0 aliphatic carbocycles. The van der Waals surface area contributed by atoms with Crippen molar-refractivity contribution in [3.8, 4) is 5.88 Å². The molecule has 1 heterocycles. The van der Waals surface area contributed by atoms with Gasteiger partial charge >= 0.3 is 0 Å². The number of aromatic nitrogens is 2. The molecule has 1 aromatic rings. The quantitative estimate of drug-likeness (QED) is 0.806. The highest BCUT2D eigenvalue weighted by molar-refractivity contribution is 5.31. The van der Waals surface area contributed by atoms with Gasteiger partial charge in [0.2, 0.25) is 11.8 Å². The molecule has 2 unspecified atom stereocenters. The lowest BCUT2D eigenvalue weighted by atomic mass is 10.0. The second kappa shape index (κ2) is 7.19. The fourth-order valence-electron chi connectivity index (χ4n) is 1.88. The molecule has 4 nitrogen and oxygen atoms in total. The molecule has 102 valence electrons. The number of nitrogens with one attached hydrogen (secondary N) is 1. The van der Waals surface area contributed by atoms with E-state index in [2.05, 4.69) is 36.1 Å². The molecule has 0 radical (unpaired) electrons. The Balaban J connectivity index is 2.65. The topological polar surface area (TPSA) is 47.0 Å². The van der Waals surface area contributed by atoms with E-state index < -0.39 is 0 Å². The molecule has 1 N–H and O–H groups in total. The monoisotopic (exact) mass is 251 g/mol. The van der Waals surface area contributed by atoms with Crippen LogP contribution in [0.15, 0.2) is 6.07 Å². The van der Waals surface area contributed by atoms with Gasteiger partial charge in [-0.05, 0) is 33.1 Å². The Labute approximate surface area is 110 Å². The van der Waals surface area contributed by atoms with Crippen LogP contribution in [0.2, 0.25) is 0 Å². The van der Waals surface area contributed by atoms with E-state index in [1.165, 1.54) is 6.42 Å². The van der Waals surface area contributed by atoms with Crippen LogP contribution in [0, 0.1) is 12.8 Å². The first-order valence-electron chi connectivity index (χ1n) is 6.80. The number of hydrogen-bond acceptors (Lipinski definition) is 4. The number of nitrogens with zero attached hydrogens (tertiary/aromatic N) is 2. The minimum Gasteiger partial charge on any atom is -0.478 e. The molecule has 1 aromatic heterocycles. The van der Waals surface area contributed by atoms with E-state index in [0.29, 0.717) is 30.4 Å². The molecule has 2 atom stereocenters. The van der Waals surface area contributed by atoms with Crippen molar-refractivity contribution in [2.75, 3.05) is 11.9 Å². The van der Waals surface area contributed by atoms with E-state index in [4.69, 9.17) is 4.74 Å². The molecule has 0 spiro atoms. The Kier molecular flexibility index (Phi) is 5.89. The average molecular weight is 251 g/mol. The van der Waals surface area contributed by atoms with Gasteiger partial charge in [-0.1, -0.05) is 20.3 Å². The van der Waals surface area contributed by atoms with E-state index in [1.54, 1.807) is 0 Å². The average Bonchev–Trinajstić information content (AvgIpc) is 2.28. The van der Waals surface area contributed by atoms with Crippen molar-refractivity contribution in [2.24, 2.45) is 5.92 Å². The van der Waals surface area contributed by atoms with Crippen molar-refractivity contribution >= 4 is 5.95 Å². The normalized spacial score (nSPS) is 14.1. The van der Waals surface area contributed by atoms with E-state index in [0.717, 1.165) is 12.1 Å². The lowest BCUT2D eigenvalue weighted by Gasteiger charge is -2.18. The summed E-state index contributed by atoms with van der Waals surface area (Å²) in [5, 5.41) is 3.34. The highest BCUT2D eigenvalue weighted by Gasteiger charge is 2.09. The molecule has 18 heavy (non-hydrogen) atoms. The van der Waals surface area contributed by atoms with Gasteiger partial charge in [-0.25, -0.2) is 4.98 Å². The summed E-state index contributed by atoms with van der Waals surface area (Å²) in [6, 6.07) is 2.23. The minimum atomic E-state index is 0.372. The Morgan fingerprint density at radius 2 is 2.00 bits per heavy atom. The largest absolute Gasteiger partial charge is 0.478 e. The van der Waals surface area contributed by atoms with Crippen LogP contribution >= 0.6 is 0 Å². The fraction of sp³-hybridized carbons (Fsp3) is 0.714. The Hall–Kier alpha value is -1.32. The van der Waals surface area contributed by atoms with Crippen molar-refractivity contribution in [1.29, 1.82) is 0 Å². The molecule has 0 aliphatic heterocycles. The molecule has 0 aliphatic rings. The highest BCUT2D eigenvalue weighted by atomic mass is 16.5. The zero-order valence-electron chi connectivity index (χ0n) is 12.2. The summed E-state index contributed by atoms with van der Waals surface area (Å²) in [4.78, 5) is 8.74. The highest BCUT2D eigenvalue weighted by Crippen LogP contribution is 2.15. The minimum absolute atomic E-state index is 0.372. The maximum absolute atomic E-state index is 5.42. The van der Waals surface area contributed by atoms with Crippen LogP contribution in [-0.4, -0.2) is 22.6 Å². The fourth-order valence-corrected chi connectivity index (χ4v) is 1.88. The second-order valence-electron chi connectivity index (χ2n) is 4.90. The first kappa shape index (κ1) is 14.7. The predicted molar refractivity (Wildman–Crippen MR) is 75.1 cm³/mol. The smallest absolute Gasteiger partial charge is 0.226 e. The van der Waals surface area contributed by atoms with Crippen LogP contribution in [0.5, 0.6) is 5.88 Å². The van der Waals surface area contributed by atoms with Crippen molar-refractivity contribution in [3.63, 3.8) is 0 Å². The first-order chi connectivity index (χ1) is 8.55. The summed E-state index contributed by atoms with van der Waals surface area (Å²) in [6.07, 6.45) is 2.32. The number of aryl methyl sites for hydroxylation is 1. The Morgan fingerprint density at radius 3 is 2.61 bits per heavy atom. The number of ether oxygens (including phenoxy) is 1. The lowest BCUT2D eigenvalue weighted by Crippen LogP contribution is -2.20. The lowest BCUT2D eigenvalue weighted by molar-refractivity contribution is 0.326. The molecule has 0 bridgehead atoms. The zero-order valence-corrected chi connectivity index (χ0v) is 12.2. The van der Waals surface area contributed by atoms with E-state index in [9.17, 15) is 0 Å². The molecular weight excluding hydrogens is 226 g/mol. The second-order valence-corrected chi connectivity index (χ2v) is 4.90. The summed E-state index contributed by atoms with van der Waals surface area (Å²) >= 11 is 0. The van der Waals surface area contributed by atoms with Crippen molar-refractivity contribution in [1.82, 2.24) is 9.97 Å². The van der Waals surface area contributed by atoms with Crippen molar-refractivity contribution in [3.05, 3.63) is 11.8 Å². The zero-order chi connectivity index (χ0) is 13.5. The third-order valence-electron chi connectivity index (χ3n) is 2.95. The maximum atomic E-state index is 5.42. The molecular formula is C14H25N3O. The number of anilines is 1. The van der Waals surface area contributed by atoms with Gasteiger partial charge in [0.05, 0.1) is 6.61 Å². The van der Waals surface area contributed by atoms with Gasteiger partial charge < -0.3 is 10.1 Å². The summed E-state index contributed by atoms with van der Waals surface area (Å²) < 4.78 is 5.42. The van der Waals surface area contributed by atoms with Gasteiger partial charge in [0.25, 0.3) is 0 Å². The summed E-state index contributed by atoms with van der Waals surface area (Å²) in [7, 11) is 0. The van der Waals surface area contributed by atoms with E-state index in [-0.39, 0.29) is 0 Å². The standard InChI is InChI=1S/C14H25N3O/c1-6-10(3)8-11(4)15-14-16-12(5)9-13(17-14)18-7-2/h9-11H,6-8H2,1-5H3,(H,15,16,17). The molecule has 0 saturated heterocycles. The summed E-state index contributed by atoms with van der Waals surface area (Å²) in [5.74, 6) is 2.01. The predicted octanol–water partition coefficient (Wildman–Crippen LogP) is 3.42. The number of hydrogen-bond donors (Lipinski definition) is 1. The Morgan fingerprint density at radius 1 is 1.28 bits per heavy atom. The molecule has 0 saturated carbocycles. The SMILES string of the molecule is CCOc1cc(C)nc(NC(C)CC(C)CC)n1. The van der Waals surface area contributed by atoms with Crippen LogP contribution in [0.25, 0.3) is 0 Å². The van der Waals surface area contributed by atoms with E-state index in [1.807, 2.05) is 19.9 Å². The van der Waals surface area contributed by atoms with Crippen LogP contribution in [0.1, 0.15) is 46.2 Å². The molecule has 0 aromatic carbocycles. The van der Waals surface area contributed by atoms with Gasteiger partial charge in [0, 0.05) is 17.8 Å². The van der Waals surface area contributed by atoms with Gasteiger partial charge in [0.1, 0.15) is 0 Å².